The molecule has 0 aliphatic rings. The Morgan fingerprint density at radius 2 is 1.48 bits per heavy atom. The van der Waals surface area contributed by atoms with E-state index in [0.29, 0.717) is 31.7 Å². The summed E-state index contributed by atoms with van der Waals surface area (Å²) in [6.07, 6.45) is 1.85. The number of rotatable bonds is 14. The van der Waals surface area contributed by atoms with Gasteiger partial charge in [-0.3, -0.25) is 4.79 Å². The van der Waals surface area contributed by atoms with Crippen molar-refractivity contribution in [2.75, 3.05) is 27.8 Å². The van der Waals surface area contributed by atoms with E-state index >= 15 is 0 Å². The van der Waals surface area contributed by atoms with Gasteiger partial charge < -0.3 is 19.1 Å². The number of ether oxygens (including phenoxy) is 3. The van der Waals surface area contributed by atoms with Crippen LogP contribution in [0.1, 0.15) is 35.1 Å². The molecule has 4 aromatic carbocycles. The molecule has 0 fully saturated rings. The van der Waals surface area contributed by atoms with Crippen LogP contribution in [0.2, 0.25) is 0 Å². The third kappa shape index (κ3) is 7.73. The molecule has 0 aliphatic carbocycles. The Bertz CT molecular complexity index is 1360. The molecule has 5 heteroatoms. The third-order valence-corrected chi connectivity index (χ3v) is 7.17. The van der Waals surface area contributed by atoms with Crippen LogP contribution in [-0.4, -0.2) is 38.5 Å². The fraction of sp³-hybridized carbons (Fsp3) is 0.286. The van der Waals surface area contributed by atoms with Gasteiger partial charge in [0.2, 0.25) is 0 Å². The van der Waals surface area contributed by atoms with Gasteiger partial charge in [0.05, 0.1) is 19.8 Å². The Kier molecular flexibility index (Phi) is 10.4. The Morgan fingerprint density at radius 1 is 0.825 bits per heavy atom. The van der Waals surface area contributed by atoms with E-state index in [2.05, 4.69) is 54.3 Å². The summed E-state index contributed by atoms with van der Waals surface area (Å²) in [4.78, 5) is 14.6. The van der Waals surface area contributed by atoms with Crippen LogP contribution < -0.4 is 14.2 Å². The molecule has 0 radical (unpaired) electrons. The van der Waals surface area contributed by atoms with Crippen molar-refractivity contribution in [3.63, 3.8) is 0 Å². The molecule has 0 amide bonds. The highest BCUT2D eigenvalue weighted by Gasteiger charge is 2.16. The van der Waals surface area contributed by atoms with Crippen LogP contribution in [-0.2, 0) is 24.4 Å². The second-order valence-electron chi connectivity index (χ2n) is 10.1. The fourth-order valence-electron chi connectivity index (χ4n) is 4.94. The highest BCUT2D eigenvalue weighted by molar-refractivity contribution is 5.80. The summed E-state index contributed by atoms with van der Waals surface area (Å²) in [5, 5.41) is 0. The Hall–Kier alpha value is -4.09. The number of methoxy groups -OCH3 is 2. The highest BCUT2D eigenvalue weighted by Crippen LogP contribution is 2.36. The van der Waals surface area contributed by atoms with E-state index in [1.165, 1.54) is 16.7 Å². The molecule has 0 N–H and O–H groups in total. The number of benzene rings is 4. The molecule has 0 unspecified atom stereocenters. The number of carbonyl (C=O) groups excluding carboxylic acids is 1. The summed E-state index contributed by atoms with van der Waals surface area (Å²) < 4.78 is 17.7. The van der Waals surface area contributed by atoms with Gasteiger partial charge in [-0.2, -0.15) is 0 Å². The molecule has 5 nitrogen and oxygen atoms in total. The summed E-state index contributed by atoms with van der Waals surface area (Å²) in [6.45, 7) is 4.01. The molecule has 4 rings (SSSR count). The predicted octanol–water partition coefficient (Wildman–Crippen LogP) is 7.28. The molecule has 208 valence electrons. The SMILES string of the molecule is COc1cc(OCc2cccc(-c3ccccc3)c2C)cc(OC)c1CN(C)CCCC(=O)Cc1ccccc1. The molecule has 4 aromatic rings. The Balaban J connectivity index is 1.37. The number of hydrogen-bond acceptors (Lipinski definition) is 5. The molecule has 0 spiro atoms. The van der Waals surface area contributed by atoms with Gasteiger partial charge in [-0.05, 0) is 54.8 Å². The summed E-state index contributed by atoms with van der Waals surface area (Å²) >= 11 is 0. The monoisotopic (exact) mass is 537 g/mol. The second kappa shape index (κ2) is 14.3. The molecule has 0 saturated heterocycles. The molecule has 0 atom stereocenters. The van der Waals surface area contributed by atoms with Gasteiger partial charge in [-0.15, -0.1) is 0 Å². The maximum atomic E-state index is 12.4. The first kappa shape index (κ1) is 28.9. The zero-order chi connectivity index (χ0) is 28.3. The van der Waals surface area contributed by atoms with Crippen molar-refractivity contribution in [1.82, 2.24) is 4.90 Å². The van der Waals surface area contributed by atoms with Gasteiger partial charge in [0, 0.05) is 31.5 Å². The lowest BCUT2D eigenvalue weighted by molar-refractivity contribution is -0.118. The molecule has 0 heterocycles. The van der Waals surface area contributed by atoms with Crippen LogP contribution in [0.5, 0.6) is 17.2 Å². The lowest BCUT2D eigenvalue weighted by Gasteiger charge is -2.21. The standard InChI is InChI=1S/C35H39NO4/c1-26-29(17-11-19-32(26)28-15-9-6-10-16-28)25-40-31-22-34(38-3)33(35(23-31)39-4)24-36(2)20-12-18-30(37)21-27-13-7-5-8-14-27/h5-11,13-17,19,22-23H,12,18,20-21,24-25H2,1-4H3. The van der Waals surface area contributed by atoms with Gasteiger partial charge >= 0.3 is 0 Å². The van der Waals surface area contributed by atoms with Crippen molar-refractivity contribution < 1.29 is 19.0 Å². The van der Waals surface area contributed by atoms with Crippen LogP contribution in [0.3, 0.4) is 0 Å². The molecular formula is C35H39NO4. The summed E-state index contributed by atoms with van der Waals surface area (Å²) in [7, 11) is 5.38. The van der Waals surface area contributed by atoms with Crippen molar-refractivity contribution >= 4 is 5.78 Å². The van der Waals surface area contributed by atoms with Crippen molar-refractivity contribution in [2.24, 2.45) is 0 Å². The first-order chi connectivity index (χ1) is 19.5. The minimum Gasteiger partial charge on any atom is -0.496 e. The fourth-order valence-corrected chi connectivity index (χ4v) is 4.94. The van der Waals surface area contributed by atoms with Crippen LogP contribution >= 0.6 is 0 Å². The van der Waals surface area contributed by atoms with E-state index in [9.17, 15) is 4.79 Å². The van der Waals surface area contributed by atoms with Crippen LogP contribution in [0.25, 0.3) is 11.1 Å². The van der Waals surface area contributed by atoms with Crippen LogP contribution in [0.15, 0.2) is 91.0 Å². The number of ketones is 1. The van der Waals surface area contributed by atoms with Gasteiger partial charge in [-0.25, -0.2) is 0 Å². The van der Waals surface area contributed by atoms with E-state index < -0.39 is 0 Å². The van der Waals surface area contributed by atoms with Gasteiger partial charge in [-0.1, -0.05) is 78.9 Å². The summed E-state index contributed by atoms with van der Waals surface area (Å²) in [5.74, 6) is 2.39. The lowest BCUT2D eigenvalue weighted by Crippen LogP contribution is -2.21. The van der Waals surface area contributed by atoms with E-state index in [0.717, 1.165) is 41.2 Å². The predicted molar refractivity (Wildman–Crippen MR) is 161 cm³/mol. The van der Waals surface area contributed by atoms with Gasteiger partial charge in [0.1, 0.15) is 29.6 Å². The van der Waals surface area contributed by atoms with E-state index in [-0.39, 0.29) is 5.78 Å². The minimum atomic E-state index is 0.265. The molecule has 0 aromatic heterocycles. The highest BCUT2D eigenvalue weighted by atomic mass is 16.5. The minimum absolute atomic E-state index is 0.265. The first-order valence-corrected chi connectivity index (χ1v) is 13.7. The normalized spacial score (nSPS) is 10.9. The Morgan fingerprint density at radius 3 is 2.12 bits per heavy atom. The topological polar surface area (TPSA) is 48.0 Å². The van der Waals surface area contributed by atoms with E-state index in [4.69, 9.17) is 14.2 Å². The van der Waals surface area contributed by atoms with E-state index in [1.54, 1.807) is 14.2 Å². The first-order valence-electron chi connectivity index (χ1n) is 13.7. The van der Waals surface area contributed by atoms with Crippen molar-refractivity contribution in [2.45, 2.75) is 39.3 Å². The number of hydrogen-bond donors (Lipinski definition) is 0. The zero-order valence-electron chi connectivity index (χ0n) is 24.0. The smallest absolute Gasteiger partial charge is 0.137 e. The largest absolute Gasteiger partial charge is 0.496 e. The number of Topliss-reactive ketones (excluding diaryl/α,β-unsaturated/α-hetero) is 1. The zero-order valence-corrected chi connectivity index (χ0v) is 24.0. The Labute approximate surface area is 238 Å². The second-order valence-corrected chi connectivity index (χ2v) is 10.1. The summed E-state index contributed by atoms with van der Waals surface area (Å²) in [6, 6.07) is 30.5. The quantitative estimate of drug-likeness (QED) is 0.169. The summed E-state index contributed by atoms with van der Waals surface area (Å²) in [5.41, 5.74) is 6.75. The maximum Gasteiger partial charge on any atom is 0.137 e. The average Bonchev–Trinajstić information content (AvgIpc) is 2.98. The third-order valence-electron chi connectivity index (χ3n) is 7.17. The van der Waals surface area contributed by atoms with Gasteiger partial charge in [0.25, 0.3) is 0 Å². The molecule has 0 aliphatic heterocycles. The van der Waals surface area contributed by atoms with Crippen molar-refractivity contribution in [3.8, 4) is 28.4 Å². The van der Waals surface area contributed by atoms with Crippen LogP contribution in [0, 0.1) is 6.92 Å². The molecule has 0 bridgehead atoms. The molecular weight excluding hydrogens is 498 g/mol. The molecule has 0 saturated carbocycles. The van der Waals surface area contributed by atoms with Crippen molar-refractivity contribution in [3.05, 3.63) is 113 Å². The number of carbonyl (C=O) groups is 1. The van der Waals surface area contributed by atoms with E-state index in [1.807, 2.05) is 55.6 Å². The maximum absolute atomic E-state index is 12.4. The molecule has 40 heavy (non-hydrogen) atoms. The van der Waals surface area contributed by atoms with Crippen molar-refractivity contribution in [1.29, 1.82) is 0 Å². The van der Waals surface area contributed by atoms with Crippen LogP contribution in [0.4, 0.5) is 0 Å². The number of nitrogens with zero attached hydrogens (tertiary/aromatic N) is 1. The average molecular weight is 538 g/mol. The lowest BCUT2D eigenvalue weighted by atomic mass is 9.97. The van der Waals surface area contributed by atoms with Gasteiger partial charge in [0.15, 0.2) is 0 Å².